The first-order valence-corrected chi connectivity index (χ1v) is 6.87. The molecule has 0 bridgehead atoms. The molecule has 1 saturated heterocycles. The minimum atomic E-state index is -4.32. The van der Waals surface area contributed by atoms with Gasteiger partial charge in [0.05, 0.1) is 11.5 Å². The summed E-state index contributed by atoms with van der Waals surface area (Å²) in [6.07, 6.45) is -4.32. The van der Waals surface area contributed by atoms with E-state index in [0.717, 1.165) is 18.2 Å². The molecule has 1 aliphatic heterocycles. The number of benzene rings is 1. The number of carbonyl (C=O) groups is 1. The fraction of sp³-hybridized carbons (Fsp3) is 0.533. The second-order valence-electron chi connectivity index (χ2n) is 5.82. The molecule has 116 valence electrons. The molecule has 1 amide bonds. The number of amides is 1. The molecule has 0 radical (unpaired) electrons. The van der Waals surface area contributed by atoms with E-state index in [2.05, 4.69) is 4.90 Å². The van der Waals surface area contributed by atoms with Crippen LogP contribution in [0.25, 0.3) is 0 Å². The van der Waals surface area contributed by atoms with Crippen molar-refractivity contribution in [2.45, 2.75) is 26.6 Å². The molecule has 1 aliphatic rings. The van der Waals surface area contributed by atoms with Crippen molar-refractivity contribution in [3.8, 4) is 0 Å². The highest BCUT2D eigenvalue weighted by Crippen LogP contribution is 2.31. The maximum Gasteiger partial charge on any atom is 0.416 e. The average Bonchev–Trinajstić information content (AvgIpc) is 2.71. The Morgan fingerprint density at radius 3 is 2.52 bits per heavy atom. The summed E-state index contributed by atoms with van der Waals surface area (Å²) < 4.78 is 37.9. The van der Waals surface area contributed by atoms with Gasteiger partial charge in [0.25, 0.3) is 0 Å². The van der Waals surface area contributed by atoms with Crippen molar-refractivity contribution >= 4 is 5.91 Å². The molecule has 1 heterocycles. The Kier molecular flexibility index (Phi) is 4.27. The number of halogens is 3. The van der Waals surface area contributed by atoms with Crippen molar-refractivity contribution in [2.24, 2.45) is 17.6 Å². The summed E-state index contributed by atoms with van der Waals surface area (Å²) in [6.45, 7) is 5.48. The first kappa shape index (κ1) is 15.8. The predicted molar refractivity (Wildman–Crippen MR) is 73.3 cm³/mol. The third kappa shape index (κ3) is 3.56. The van der Waals surface area contributed by atoms with E-state index in [1.165, 1.54) is 12.1 Å². The second-order valence-corrected chi connectivity index (χ2v) is 5.82. The van der Waals surface area contributed by atoms with Crippen LogP contribution in [0, 0.1) is 18.8 Å². The van der Waals surface area contributed by atoms with E-state index in [1.54, 1.807) is 6.92 Å². The van der Waals surface area contributed by atoms with E-state index in [4.69, 9.17) is 5.73 Å². The molecular formula is C15H19F3N2O. The molecule has 2 N–H and O–H groups in total. The van der Waals surface area contributed by atoms with Gasteiger partial charge < -0.3 is 5.73 Å². The van der Waals surface area contributed by atoms with Crippen LogP contribution in [0.3, 0.4) is 0 Å². The van der Waals surface area contributed by atoms with Crippen molar-refractivity contribution in [1.82, 2.24) is 4.90 Å². The van der Waals surface area contributed by atoms with Gasteiger partial charge in [-0.05, 0) is 36.1 Å². The SMILES string of the molecule is Cc1cc(C(F)(F)F)ccc1CN1C[C@@H](C)[C@H](C(N)=O)C1. The number of hydrogen-bond donors (Lipinski definition) is 1. The standard InChI is InChI=1S/C15H19F3N2O/c1-9-5-12(15(16,17)18)4-3-11(9)7-20-6-10(2)13(8-20)14(19)21/h3-5,10,13H,6-8H2,1-2H3,(H2,19,21)/t10-,13-/m1/s1. The minimum Gasteiger partial charge on any atom is -0.369 e. The summed E-state index contributed by atoms with van der Waals surface area (Å²) in [7, 11) is 0. The van der Waals surface area contributed by atoms with Crippen LogP contribution in [0.1, 0.15) is 23.6 Å². The summed E-state index contributed by atoms with van der Waals surface area (Å²) in [5, 5.41) is 0. The quantitative estimate of drug-likeness (QED) is 0.932. The van der Waals surface area contributed by atoms with Crippen LogP contribution in [0.15, 0.2) is 18.2 Å². The highest BCUT2D eigenvalue weighted by atomic mass is 19.4. The highest BCUT2D eigenvalue weighted by Gasteiger charge is 2.34. The molecule has 2 rings (SSSR count). The van der Waals surface area contributed by atoms with E-state index in [1.807, 2.05) is 6.92 Å². The second kappa shape index (κ2) is 5.67. The topological polar surface area (TPSA) is 46.3 Å². The fourth-order valence-electron chi connectivity index (χ4n) is 2.86. The van der Waals surface area contributed by atoms with E-state index >= 15 is 0 Å². The van der Waals surface area contributed by atoms with Crippen molar-refractivity contribution in [3.05, 3.63) is 34.9 Å². The van der Waals surface area contributed by atoms with Crippen LogP contribution >= 0.6 is 0 Å². The van der Waals surface area contributed by atoms with Crippen molar-refractivity contribution in [3.63, 3.8) is 0 Å². The van der Waals surface area contributed by atoms with Crippen molar-refractivity contribution in [1.29, 1.82) is 0 Å². The first-order valence-electron chi connectivity index (χ1n) is 6.87. The molecule has 6 heteroatoms. The van der Waals surface area contributed by atoms with Gasteiger partial charge in [-0.25, -0.2) is 0 Å². The van der Waals surface area contributed by atoms with Gasteiger partial charge in [0, 0.05) is 19.6 Å². The summed E-state index contributed by atoms with van der Waals surface area (Å²) in [6, 6.07) is 3.79. The van der Waals surface area contributed by atoms with Crippen molar-refractivity contribution in [2.75, 3.05) is 13.1 Å². The maximum atomic E-state index is 12.6. The van der Waals surface area contributed by atoms with Crippen LogP contribution < -0.4 is 5.73 Å². The van der Waals surface area contributed by atoms with Gasteiger partial charge in [-0.3, -0.25) is 9.69 Å². The zero-order valence-corrected chi connectivity index (χ0v) is 12.1. The number of likely N-dealkylation sites (tertiary alicyclic amines) is 1. The molecule has 1 aromatic rings. The van der Waals surface area contributed by atoms with E-state index < -0.39 is 11.7 Å². The number of rotatable bonds is 3. The fourth-order valence-corrected chi connectivity index (χ4v) is 2.86. The summed E-state index contributed by atoms with van der Waals surface area (Å²) in [5.41, 5.74) is 6.18. The monoisotopic (exact) mass is 300 g/mol. The Labute approximate surface area is 121 Å². The number of nitrogens with two attached hydrogens (primary N) is 1. The lowest BCUT2D eigenvalue weighted by atomic mass is 9.98. The molecule has 3 nitrogen and oxygen atoms in total. The number of carbonyl (C=O) groups excluding carboxylic acids is 1. The molecule has 0 saturated carbocycles. The number of nitrogens with zero attached hydrogens (tertiary/aromatic N) is 1. The number of alkyl halides is 3. The van der Waals surface area contributed by atoms with Crippen LogP contribution in [0.4, 0.5) is 13.2 Å². The van der Waals surface area contributed by atoms with Crippen LogP contribution in [0.5, 0.6) is 0 Å². The molecule has 0 spiro atoms. The number of primary amides is 1. The first-order chi connectivity index (χ1) is 9.68. The van der Waals surface area contributed by atoms with Crippen molar-refractivity contribution < 1.29 is 18.0 Å². The van der Waals surface area contributed by atoms with Gasteiger partial charge in [-0.2, -0.15) is 13.2 Å². The highest BCUT2D eigenvalue weighted by molar-refractivity contribution is 5.77. The average molecular weight is 300 g/mol. The molecule has 2 atom stereocenters. The normalized spacial score (nSPS) is 23.5. The summed E-state index contributed by atoms with van der Waals surface area (Å²) >= 11 is 0. The van der Waals surface area contributed by atoms with E-state index in [0.29, 0.717) is 18.7 Å². The maximum absolute atomic E-state index is 12.6. The Bertz CT molecular complexity index is 542. The third-order valence-corrected chi connectivity index (χ3v) is 4.12. The zero-order chi connectivity index (χ0) is 15.8. The zero-order valence-electron chi connectivity index (χ0n) is 12.1. The Balaban J connectivity index is 2.09. The largest absolute Gasteiger partial charge is 0.416 e. The van der Waals surface area contributed by atoms with Gasteiger partial charge in [-0.1, -0.05) is 13.0 Å². The van der Waals surface area contributed by atoms with Gasteiger partial charge in [0.15, 0.2) is 0 Å². The molecule has 0 aromatic heterocycles. The smallest absolute Gasteiger partial charge is 0.369 e. The Hall–Kier alpha value is -1.56. The van der Waals surface area contributed by atoms with E-state index in [9.17, 15) is 18.0 Å². The van der Waals surface area contributed by atoms with Gasteiger partial charge in [0.1, 0.15) is 0 Å². The molecule has 0 unspecified atom stereocenters. The van der Waals surface area contributed by atoms with Gasteiger partial charge >= 0.3 is 6.18 Å². The van der Waals surface area contributed by atoms with Gasteiger partial charge in [0.2, 0.25) is 5.91 Å². The van der Waals surface area contributed by atoms with Gasteiger partial charge in [-0.15, -0.1) is 0 Å². The summed E-state index contributed by atoms with van der Waals surface area (Å²) in [5.74, 6) is -0.314. The minimum absolute atomic E-state index is 0.178. The number of hydrogen-bond acceptors (Lipinski definition) is 2. The Morgan fingerprint density at radius 2 is 2.05 bits per heavy atom. The number of aryl methyl sites for hydroxylation is 1. The van der Waals surface area contributed by atoms with E-state index in [-0.39, 0.29) is 17.7 Å². The molecule has 1 aromatic carbocycles. The Morgan fingerprint density at radius 1 is 1.38 bits per heavy atom. The van der Waals surface area contributed by atoms with Crippen LogP contribution in [0.2, 0.25) is 0 Å². The lowest BCUT2D eigenvalue weighted by molar-refractivity contribution is -0.137. The lowest BCUT2D eigenvalue weighted by Crippen LogP contribution is -2.29. The molecule has 21 heavy (non-hydrogen) atoms. The predicted octanol–water partition coefficient (Wildman–Crippen LogP) is 2.57. The molecular weight excluding hydrogens is 281 g/mol. The van der Waals surface area contributed by atoms with Crippen LogP contribution in [-0.4, -0.2) is 23.9 Å². The molecule has 0 aliphatic carbocycles. The molecule has 1 fully saturated rings. The summed E-state index contributed by atoms with van der Waals surface area (Å²) in [4.78, 5) is 13.4. The lowest BCUT2D eigenvalue weighted by Gasteiger charge is -2.18. The third-order valence-electron chi connectivity index (χ3n) is 4.12. The van der Waals surface area contributed by atoms with Crippen LogP contribution in [-0.2, 0) is 17.5 Å².